The number of phenols is 1. The lowest BCUT2D eigenvalue weighted by molar-refractivity contribution is 0.467. The van der Waals surface area contributed by atoms with Gasteiger partial charge in [0.2, 0.25) is 0 Å². The van der Waals surface area contributed by atoms with Gasteiger partial charge in [-0.1, -0.05) is 6.92 Å². The average Bonchev–Trinajstić information content (AvgIpc) is 2.23. The van der Waals surface area contributed by atoms with E-state index in [1.165, 1.54) is 12.1 Å². The van der Waals surface area contributed by atoms with Gasteiger partial charge < -0.3 is 9.52 Å². The zero-order valence-corrected chi connectivity index (χ0v) is 8.70. The molecule has 1 N–H and O–H groups in total. The van der Waals surface area contributed by atoms with Crippen LogP contribution in [0, 0.1) is 6.92 Å². The van der Waals surface area contributed by atoms with Crippen molar-refractivity contribution < 1.29 is 9.52 Å². The Morgan fingerprint density at radius 2 is 2.13 bits per heavy atom. The molecule has 1 heterocycles. The van der Waals surface area contributed by atoms with Crippen molar-refractivity contribution in [2.45, 2.75) is 20.3 Å². The van der Waals surface area contributed by atoms with Gasteiger partial charge in [0.05, 0.1) is 5.39 Å². The minimum absolute atomic E-state index is 0.0591. The standard InChI is InChI=1S/C12H12O3/c1-3-8-6-11(14)9-4-5-10(13)7(2)12(9)15-8/h4-6,13H,3H2,1-2H3. The van der Waals surface area contributed by atoms with E-state index in [4.69, 9.17) is 4.42 Å². The van der Waals surface area contributed by atoms with Crippen LogP contribution in [0.4, 0.5) is 0 Å². The number of fused-ring (bicyclic) bond motifs is 1. The Bertz CT molecular complexity index is 567. The lowest BCUT2D eigenvalue weighted by Gasteiger charge is -2.04. The van der Waals surface area contributed by atoms with Gasteiger partial charge in [0.1, 0.15) is 17.1 Å². The summed E-state index contributed by atoms with van der Waals surface area (Å²) in [6, 6.07) is 4.60. The fourth-order valence-electron chi connectivity index (χ4n) is 1.57. The highest BCUT2D eigenvalue weighted by Gasteiger charge is 2.08. The number of rotatable bonds is 1. The van der Waals surface area contributed by atoms with E-state index < -0.39 is 0 Å². The molecular formula is C12H12O3. The summed E-state index contributed by atoms with van der Waals surface area (Å²) in [5.41, 5.74) is 1.04. The Labute approximate surface area is 87.0 Å². The van der Waals surface area contributed by atoms with Crippen molar-refractivity contribution in [2.24, 2.45) is 0 Å². The highest BCUT2D eigenvalue weighted by molar-refractivity contribution is 5.81. The summed E-state index contributed by atoms with van der Waals surface area (Å²) in [6.07, 6.45) is 0.667. The van der Waals surface area contributed by atoms with Gasteiger partial charge in [-0.25, -0.2) is 0 Å². The first-order valence-corrected chi connectivity index (χ1v) is 4.88. The van der Waals surface area contributed by atoms with Crippen LogP contribution in [0.2, 0.25) is 0 Å². The summed E-state index contributed by atoms with van der Waals surface area (Å²) >= 11 is 0. The minimum atomic E-state index is -0.0591. The van der Waals surface area contributed by atoms with Crippen molar-refractivity contribution >= 4 is 11.0 Å². The summed E-state index contributed by atoms with van der Waals surface area (Å²) < 4.78 is 5.54. The van der Waals surface area contributed by atoms with Crippen molar-refractivity contribution in [3.63, 3.8) is 0 Å². The zero-order chi connectivity index (χ0) is 11.0. The zero-order valence-electron chi connectivity index (χ0n) is 8.70. The van der Waals surface area contributed by atoms with E-state index >= 15 is 0 Å². The van der Waals surface area contributed by atoms with Crippen molar-refractivity contribution in [2.75, 3.05) is 0 Å². The fourth-order valence-corrected chi connectivity index (χ4v) is 1.57. The second kappa shape index (κ2) is 3.42. The van der Waals surface area contributed by atoms with E-state index in [0.717, 1.165) is 0 Å². The molecule has 0 aliphatic rings. The molecule has 2 aromatic rings. The van der Waals surface area contributed by atoms with E-state index in [1.807, 2.05) is 6.92 Å². The summed E-state index contributed by atoms with van der Waals surface area (Å²) in [7, 11) is 0. The molecule has 0 saturated heterocycles. The van der Waals surface area contributed by atoms with Gasteiger partial charge in [-0.05, 0) is 19.1 Å². The summed E-state index contributed by atoms with van der Waals surface area (Å²) in [5, 5.41) is 10.0. The first-order chi connectivity index (χ1) is 7.13. The molecule has 15 heavy (non-hydrogen) atoms. The van der Waals surface area contributed by atoms with Gasteiger partial charge in [0.25, 0.3) is 0 Å². The van der Waals surface area contributed by atoms with E-state index in [0.29, 0.717) is 28.7 Å². The lowest BCUT2D eigenvalue weighted by atomic mass is 10.1. The maximum Gasteiger partial charge on any atom is 0.192 e. The number of aromatic hydroxyl groups is 1. The van der Waals surface area contributed by atoms with Crippen LogP contribution in [0.5, 0.6) is 5.75 Å². The first-order valence-electron chi connectivity index (χ1n) is 4.88. The van der Waals surface area contributed by atoms with Crippen LogP contribution in [0.3, 0.4) is 0 Å². The Balaban J connectivity index is 2.93. The van der Waals surface area contributed by atoms with Crippen LogP contribution in [-0.2, 0) is 6.42 Å². The maximum absolute atomic E-state index is 11.7. The molecule has 0 aliphatic carbocycles. The maximum atomic E-state index is 11.7. The topological polar surface area (TPSA) is 50.4 Å². The quantitative estimate of drug-likeness (QED) is 0.775. The summed E-state index contributed by atoms with van der Waals surface area (Å²) in [4.78, 5) is 11.7. The van der Waals surface area contributed by atoms with Crippen LogP contribution in [0.15, 0.2) is 27.4 Å². The minimum Gasteiger partial charge on any atom is -0.508 e. The number of phenolic OH excluding ortho intramolecular Hbond substituents is 1. The monoisotopic (exact) mass is 204 g/mol. The Morgan fingerprint density at radius 1 is 1.40 bits per heavy atom. The van der Waals surface area contributed by atoms with Gasteiger partial charge >= 0.3 is 0 Å². The van der Waals surface area contributed by atoms with Crippen molar-refractivity contribution in [3.8, 4) is 5.75 Å². The molecule has 0 saturated carbocycles. The largest absolute Gasteiger partial charge is 0.508 e. The van der Waals surface area contributed by atoms with Crippen LogP contribution in [0.25, 0.3) is 11.0 Å². The number of hydrogen-bond acceptors (Lipinski definition) is 3. The van der Waals surface area contributed by atoms with Gasteiger partial charge in [0, 0.05) is 18.1 Å². The molecule has 0 unspecified atom stereocenters. The van der Waals surface area contributed by atoms with Crippen LogP contribution in [-0.4, -0.2) is 5.11 Å². The highest BCUT2D eigenvalue weighted by atomic mass is 16.3. The van der Waals surface area contributed by atoms with E-state index in [9.17, 15) is 9.90 Å². The van der Waals surface area contributed by atoms with Crippen LogP contribution < -0.4 is 5.43 Å². The van der Waals surface area contributed by atoms with Crippen molar-refractivity contribution in [1.82, 2.24) is 0 Å². The third-order valence-electron chi connectivity index (χ3n) is 2.52. The lowest BCUT2D eigenvalue weighted by Crippen LogP contribution is -2.02. The third kappa shape index (κ3) is 1.50. The molecule has 1 aromatic carbocycles. The first kappa shape index (κ1) is 9.77. The second-order valence-electron chi connectivity index (χ2n) is 3.52. The van der Waals surface area contributed by atoms with Gasteiger partial charge in [-0.3, -0.25) is 4.79 Å². The number of aryl methyl sites for hydroxylation is 2. The fraction of sp³-hybridized carbons (Fsp3) is 0.250. The molecular weight excluding hydrogens is 192 g/mol. The van der Waals surface area contributed by atoms with Gasteiger partial charge in [-0.2, -0.15) is 0 Å². The molecule has 3 nitrogen and oxygen atoms in total. The molecule has 0 aliphatic heterocycles. The number of benzene rings is 1. The Morgan fingerprint density at radius 3 is 2.80 bits per heavy atom. The molecule has 0 radical (unpaired) electrons. The third-order valence-corrected chi connectivity index (χ3v) is 2.52. The summed E-state index contributed by atoms with van der Waals surface area (Å²) in [6.45, 7) is 3.66. The van der Waals surface area contributed by atoms with E-state index in [-0.39, 0.29) is 11.2 Å². The molecule has 0 amide bonds. The van der Waals surface area contributed by atoms with Gasteiger partial charge in [0.15, 0.2) is 5.43 Å². The predicted octanol–water partition coefficient (Wildman–Crippen LogP) is 2.37. The molecule has 0 bridgehead atoms. The van der Waals surface area contributed by atoms with Crippen LogP contribution in [0.1, 0.15) is 18.2 Å². The molecule has 78 valence electrons. The predicted molar refractivity (Wildman–Crippen MR) is 58.3 cm³/mol. The average molecular weight is 204 g/mol. The Hall–Kier alpha value is -1.77. The van der Waals surface area contributed by atoms with Gasteiger partial charge in [-0.15, -0.1) is 0 Å². The molecule has 0 fully saturated rings. The molecule has 0 spiro atoms. The molecule has 3 heteroatoms. The molecule has 0 atom stereocenters. The molecule has 1 aromatic heterocycles. The SMILES string of the molecule is CCc1cc(=O)c2ccc(O)c(C)c2o1. The Kier molecular flexibility index (Phi) is 2.23. The van der Waals surface area contributed by atoms with Crippen LogP contribution >= 0.6 is 0 Å². The van der Waals surface area contributed by atoms with E-state index in [2.05, 4.69) is 0 Å². The molecule has 2 rings (SSSR count). The second-order valence-corrected chi connectivity index (χ2v) is 3.52. The number of hydrogen-bond donors (Lipinski definition) is 1. The van der Waals surface area contributed by atoms with Crippen molar-refractivity contribution in [3.05, 3.63) is 39.7 Å². The normalized spacial score (nSPS) is 10.8. The smallest absolute Gasteiger partial charge is 0.192 e. The van der Waals surface area contributed by atoms with E-state index in [1.54, 1.807) is 13.0 Å². The highest BCUT2D eigenvalue weighted by Crippen LogP contribution is 2.24. The summed E-state index contributed by atoms with van der Waals surface area (Å²) in [5.74, 6) is 0.792. The van der Waals surface area contributed by atoms with Crippen molar-refractivity contribution in [1.29, 1.82) is 0 Å².